The van der Waals surface area contributed by atoms with Crippen LogP contribution in [0.5, 0.6) is 0 Å². The van der Waals surface area contributed by atoms with Gasteiger partial charge in [-0.05, 0) is 47.0 Å². The second kappa shape index (κ2) is 7.10. The van der Waals surface area contributed by atoms with E-state index in [-0.39, 0.29) is 0 Å². The molecule has 0 aromatic heterocycles. The smallest absolute Gasteiger partial charge is 0.363 e. The molecule has 0 N–H and O–H groups in total. The van der Waals surface area contributed by atoms with Gasteiger partial charge in [0.05, 0.1) is 0 Å². The topological polar surface area (TPSA) is 38.7 Å². The molecule has 0 aliphatic carbocycles. The molecule has 4 heteroatoms. The fourth-order valence-corrected chi connectivity index (χ4v) is 3.14. The van der Waals surface area contributed by atoms with E-state index in [1.807, 2.05) is 66.7 Å². The van der Waals surface area contributed by atoms with Crippen molar-refractivity contribution in [2.24, 2.45) is 4.99 Å². The third-order valence-corrected chi connectivity index (χ3v) is 4.50. The van der Waals surface area contributed by atoms with Crippen molar-refractivity contribution in [1.82, 2.24) is 0 Å². The molecule has 0 unspecified atom stereocenters. The van der Waals surface area contributed by atoms with Crippen LogP contribution in [-0.2, 0) is 9.53 Å². The second-order valence-electron chi connectivity index (χ2n) is 5.83. The summed E-state index contributed by atoms with van der Waals surface area (Å²) in [7, 11) is 0. The molecule has 0 amide bonds. The van der Waals surface area contributed by atoms with E-state index in [1.54, 1.807) is 6.08 Å². The number of carbonyl (C=O) groups is 1. The first-order chi connectivity index (χ1) is 12.7. The van der Waals surface area contributed by atoms with Crippen LogP contribution in [0.25, 0.3) is 17.2 Å². The van der Waals surface area contributed by atoms with Gasteiger partial charge >= 0.3 is 5.97 Å². The molecule has 0 atom stereocenters. The third-order valence-electron chi connectivity index (χ3n) is 4.01. The van der Waals surface area contributed by atoms with E-state index in [9.17, 15) is 4.79 Å². The van der Waals surface area contributed by atoms with Crippen molar-refractivity contribution >= 4 is 33.9 Å². The SMILES string of the molecule is O=C1OC(c2ccc(-c3ccccc3)cc2)=N/C1=C\c1cccc(Br)c1. The number of rotatable bonds is 3. The zero-order chi connectivity index (χ0) is 17.9. The number of benzene rings is 3. The van der Waals surface area contributed by atoms with Gasteiger partial charge in [-0.15, -0.1) is 0 Å². The van der Waals surface area contributed by atoms with Crippen molar-refractivity contribution in [2.75, 3.05) is 0 Å². The predicted molar refractivity (Wildman–Crippen MR) is 107 cm³/mol. The molecule has 3 aromatic rings. The van der Waals surface area contributed by atoms with Gasteiger partial charge in [-0.25, -0.2) is 9.79 Å². The number of nitrogens with zero attached hydrogens (tertiary/aromatic N) is 1. The zero-order valence-electron chi connectivity index (χ0n) is 13.7. The monoisotopic (exact) mass is 403 g/mol. The molecule has 0 fully saturated rings. The molecule has 1 aliphatic rings. The lowest BCUT2D eigenvalue weighted by atomic mass is 10.0. The van der Waals surface area contributed by atoms with Crippen LogP contribution in [0.4, 0.5) is 0 Å². The summed E-state index contributed by atoms with van der Waals surface area (Å²) in [4.78, 5) is 16.5. The molecular weight excluding hydrogens is 390 g/mol. The van der Waals surface area contributed by atoms with Crippen molar-refractivity contribution in [2.45, 2.75) is 0 Å². The molecule has 3 nitrogen and oxygen atoms in total. The van der Waals surface area contributed by atoms with Gasteiger partial charge in [-0.2, -0.15) is 0 Å². The maximum absolute atomic E-state index is 12.1. The molecular formula is C22H14BrNO2. The highest BCUT2D eigenvalue weighted by molar-refractivity contribution is 9.10. The summed E-state index contributed by atoms with van der Waals surface area (Å²) >= 11 is 3.42. The van der Waals surface area contributed by atoms with Crippen LogP contribution in [0.3, 0.4) is 0 Å². The summed E-state index contributed by atoms with van der Waals surface area (Å²) in [5.41, 5.74) is 4.19. The standard InChI is InChI=1S/C22H14BrNO2/c23-19-8-4-5-15(13-19)14-20-22(25)26-21(24-20)18-11-9-17(10-12-18)16-6-2-1-3-7-16/h1-14H/b20-14-. The summed E-state index contributed by atoms with van der Waals surface area (Å²) in [6.45, 7) is 0. The molecule has 4 rings (SSSR count). The molecule has 1 heterocycles. The first-order valence-electron chi connectivity index (χ1n) is 8.13. The highest BCUT2D eigenvalue weighted by Crippen LogP contribution is 2.23. The van der Waals surface area contributed by atoms with Crippen LogP contribution in [0.2, 0.25) is 0 Å². The Kier molecular flexibility index (Phi) is 4.50. The first-order valence-corrected chi connectivity index (χ1v) is 8.92. The van der Waals surface area contributed by atoms with E-state index < -0.39 is 5.97 Å². The van der Waals surface area contributed by atoms with Crippen molar-refractivity contribution in [1.29, 1.82) is 0 Å². The van der Waals surface area contributed by atoms with E-state index in [1.165, 1.54) is 0 Å². The average molecular weight is 404 g/mol. The molecule has 0 radical (unpaired) electrons. The maximum atomic E-state index is 12.1. The lowest BCUT2D eigenvalue weighted by Crippen LogP contribution is -2.05. The van der Waals surface area contributed by atoms with Crippen LogP contribution >= 0.6 is 15.9 Å². The summed E-state index contributed by atoms with van der Waals surface area (Å²) in [5, 5.41) is 0. The van der Waals surface area contributed by atoms with Gasteiger partial charge in [0.15, 0.2) is 5.70 Å². The quantitative estimate of drug-likeness (QED) is 0.430. The molecule has 0 saturated carbocycles. The number of esters is 1. The lowest BCUT2D eigenvalue weighted by molar-refractivity contribution is -0.129. The number of cyclic esters (lactones) is 1. The molecule has 26 heavy (non-hydrogen) atoms. The average Bonchev–Trinajstić information content (AvgIpc) is 3.03. The number of ether oxygens (including phenoxy) is 1. The van der Waals surface area contributed by atoms with Crippen molar-refractivity contribution in [3.63, 3.8) is 0 Å². The van der Waals surface area contributed by atoms with Gasteiger partial charge in [-0.1, -0.05) is 70.5 Å². The number of aliphatic imine (C=N–C) groups is 1. The fraction of sp³-hybridized carbons (Fsp3) is 0. The Balaban J connectivity index is 1.61. The van der Waals surface area contributed by atoms with Crippen LogP contribution in [0.15, 0.2) is 94.0 Å². The van der Waals surface area contributed by atoms with Gasteiger partial charge < -0.3 is 4.74 Å². The Bertz CT molecular complexity index is 1020. The Morgan fingerprint density at radius 3 is 2.23 bits per heavy atom. The molecule has 3 aromatic carbocycles. The number of hydrogen-bond donors (Lipinski definition) is 0. The highest BCUT2D eigenvalue weighted by atomic mass is 79.9. The molecule has 0 saturated heterocycles. The van der Waals surface area contributed by atoms with E-state index in [4.69, 9.17) is 4.74 Å². The maximum Gasteiger partial charge on any atom is 0.363 e. The van der Waals surface area contributed by atoms with Crippen LogP contribution in [0.1, 0.15) is 11.1 Å². The van der Waals surface area contributed by atoms with E-state index in [0.717, 1.165) is 26.7 Å². The Labute approximate surface area is 159 Å². The lowest BCUT2D eigenvalue weighted by Gasteiger charge is -2.03. The minimum absolute atomic E-state index is 0.297. The van der Waals surface area contributed by atoms with Crippen LogP contribution < -0.4 is 0 Å². The predicted octanol–water partition coefficient (Wildman–Crippen LogP) is 5.46. The van der Waals surface area contributed by atoms with E-state index >= 15 is 0 Å². The van der Waals surface area contributed by atoms with E-state index in [0.29, 0.717) is 11.6 Å². The molecule has 126 valence electrons. The van der Waals surface area contributed by atoms with Gasteiger partial charge in [0, 0.05) is 10.0 Å². The first kappa shape index (κ1) is 16.5. The largest absolute Gasteiger partial charge is 0.402 e. The van der Waals surface area contributed by atoms with Crippen molar-refractivity contribution in [3.05, 3.63) is 100 Å². The Hall–Kier alpha value is -2.98. The van der Waals surface area contributed by atoms with Crippen molar-refractivity contribution in [3.8, 4) is 11.1 Å². The van der Waals surface area contributed by atoms with Gasteiger partial charge in [0.25, 0.3) is 0 Å². The minimum Gasteiger partial charge on any atom is -0.402 e. The molecule has 0 bridgehead atoms. The summed E-state index contributed by atoms with van der Waals surface area (Å²) in [6.07, 6.45) is 1.72. The Morgan fingerprint density at radius 1 is 0.808 bits per heavy atom. The number of hydrogen-bond acceptors (Lipinski definition) is 3. The minimum atomic E-state index is -0.438. The summed E-state index contributed by atoms with van der Waals surface area (Å²) in [6, 6.07) is 25.6. The van der Waals surface area contributed by atoms with Gasteiger partial charge in [0.1, 0.15) is 0 Å². The van der Waals surface area contributed by atoms with Crippen LogP contribution in [-0.4, -0.2) is 11.9 Å². The summed E-state index contributed by atoms with van der Waals surface area (Å²) < 4.78 is 6.28. The number of halogens is 1. The third kappa shape index (κ3) is 3.51. The summed E-state index contributed by atoms with van der Waals surface area (Å²) in [5.74, 6) is -0.108. The number of carbonyl (C=O) groups excluding carboxylic acids is 1. The van der Waals surface area contributed by atoms with Gasteiger partial charge in [0.2, 0.25) is 5.90 Å². The second-order valence-corrected chi connectivity index (χ2v) is 6.75. The van der Waals surface area contributed by atoms with E-state index in [2.05, 4.69) is 33.1 Å². The Morgan fingerprint density at radius 2 is 1.50 bits per heavy atom. The zero-order valence-corrected chi connectivity index (χ0v) is 15.3. The molecule has 0 spiro atoms. The molecule has 1 aliphatic heterocycles. The van der Waals surface area contributed by atoms with Gasteiger partial charge in [-0.3, -0.25) is 0 Å². The normalized spacial score (nSPS) is 15.0. The fourth-order valence-electron chi connectivity index (χ4n) is 2.72. The van der Waals surface area contributed by atoms with Crippen molar-refractivity contribution < 1.29 is 9.53 Å². The highest BCUT2D eigenvalue weighted by Gasteiger charge is 2.24. The van der Waals surface area contributed by atoms with Crippen LogP contribution in [0, 0.1) is 0 Å².